The molecule has 0 aromatic carbocycles. The molecule has 1 atom stereocenters. The molecule has 0 rings (SSSR count). The zero-order valence-electron chi connectivity index (χ0n) is 13.1. The lowest BCUT2D eigenvalue weighted by molar-refractivity contribution is -0.129. The van der Waals surface area contributed by atoms with Crippen LogP contribution in [-0.2, 0) is 4.79 Å². The lowest BCUT2D eigenvalue weighted by Crippen LogP contribution is -2.46. The fraction of sp³-hybridized carbons (Fsp3) is 0.929. The maximum atomic E-state index is 12.3. The molecule has 0 aliphatic carbocycles. The van der Waals surface area contributed by atoms with Crippen molar-refractivity contribution in [3.8, 4) is 0 Å². The molecule has 0 aromatic rings. The van der Waals surface area contributed by atoms with Crippen LogP contribution in [0.1, 0.15) is 41.0 Å². The van der Waals surface area contributed by atoms with Gasteiger partial charge in [0.15, 0.2) is 0 Å². The van der Waals surface area contributed by atoms with Gasteiger partial charge in [-0.15, -0.1) is 0 Å². The Bertz CT molecular complexity index is 261. The molecule has 1 unspecified atom stereocenters. The minimum atomic E-state index is -0.323. The van der Waals surface area contributed by atoms with Crippen LogP contribution in [-0.4, -0.2) is 43.5 Å². The molecule has 0 spiro atoms. The number of amides is 1. The molecular formula is C14H31N3O. The Morgan fingerprint density at radius 2 is 1.72 bits per heavy atom. The van der Waals surface area contributed by atoms with E-state index in [2.05, 4.69) is 31.0 Å². The summed E-state index contributed by atoms with van der Waals surface area (Å²) in [6.07, 6.45) is 0.699. The van der Waals surface area contributed by atoms with E-state index in [1.54, 1.807) is 0 Å². The van der Waals surface area contributed by atoms with Crippen molar-refractivity contribution in [3.63, 3.8) is 0 Å². The highest BCUT2D eigenvalue weighted by Crippen LogP contribution is 2.32. The van der Waals surface area contributed by atoms with Crippen LogP contribution in [0.4, 0.5) is 0 Å². The third-order valence-electron chi connectivity index (χ3n) is 2.95. The molecule has 0 saturated carbocycles. The fourth-order valence-electron chi connectivity index (χ4n) is 1.84. The summed E-state index contributed by atoms with van der Waals surface area (Å²) >= 11 is 0. The van der Waals surface area contributed by atoms with Crippen LogP contribution in [0, 0.1) is 11.3 Å². The van der Waals surface area contributed by atoms with Gasteiger partial charge in [0.1, 0.15) is 0 Å². The van der Waals surface area contributed by atoms with E-state index in [4.69, 9.17) is 5.73 Å². The highest BCUT2D eigenvalue weighted by atomic mass is 16.1. The van der Waals surface area contributed by atoms with Gasteiger partial charge in [-0.25, -0.2) is 0 Å². The summed E-state index contributed by atoms with van der Waals surface area (Å²) in [4.78, 5) is 14.3. The summed E-state index contributed by atoms with van der Waals surface area (Å²) < 4.78 is 0. The maximum absolute atomic E-state index is 12.3. The van der Waals surface area contributed by atoms with E-state index in [-0.39, 0.29) is 22.8 Å². The first kappa shape index (κ1) is 17.4. The molecule has 108 valence electrons. The summed E-state index contributed by atoms with van der Waals surface area (Å²) in [7, 11) is 3.99. The lowest BCUT2D eigenvalue weighted by atomic mass is 9.74. The Balaban J connectivity index is 4.53. The van der Waals surface area contributed by atoms with E-state index in [1.165, 1.54) is 0 Å². The lowest BCUT2D eigenvalue weighted by Gasteiger charge is -2.34. The number of hydrogen-bond acceptors (Lipinski definition) is 3. The molecule has 1 amide bonds. The standard InChI is InChI=1S/C14H31N3O/c1-13(2,3)11(10-14(4,5)15)12(18)16-8-9-17(6)7/h11H,8-10,15H2,1-7H3,(H,16,18). The van der Waals surface area contributed by atoms with Crippen LogP contribution in [0.2, 0.25) is 0 Å². The van der Waals surface area contributed by atoms with E-state index in [0.29, 0.717) is 13.0 Å². The van der Waals surface area contributed by atoms with Gasteiger partial charge in [0.2, 0.25) is 5.91 Å². The topological polar surface area (TPSA) is 58.4 Å². The molecule has 0 bridgehead atoms. The minimum Gasteiger partial charge on any atom is -0.355 e. The molecule has 0 fully saturated rings. The molecule has 4 nitrogen and oxygen atoms in total. The van der Waals surface area contributed by atoms with Gasteiger partial charge in [-0.1, -0.05) is 20.8 Å². The summed E-state index contributed by atoms with van der Waals surface area (Å²) in [5.41, 5.74) is 5.67. The number of nitrogens with one attached hydrogen (secondary N) is 1. The quantitative estimate of drug-likeness (QED) is 0.757. The van der Waals surface area contributed by atoms with Gasteiger partial charge in [0.05, 0.1) is 0 Å². The molecule has 0 heterocycles. The van der Waals surface area contributed by atoms with E-state index >= 15 is 0 Å². The first-order valence-corrected chi connectivity index (χ1v) is 6.65. The van der Waals surface area contributed by atoms with Crippen molar-refractivity contribution >= 4 is 5.91 Å². The molecule has 0 aromatic heterocycles. The van der Waals surface area contributed by atoms with Crippen LogP contribution < -0.4 is 11.1 Å². The van der Waals surface area contributed by atoms with Crippen molar-refractivity contribution in [2.75, 3.05) is 27.2 Å². The van der Waals surface area contributed by atoms with Crippen molar-refractivity contribution in [1.29, 1.82) is 0 Å². The predicted molar refractivity (Wildman–Crippen MR) is 77.4 cm³/mol. The first-order chi connectivity index (χ1) is 7.93. The fourth-order valence-corrected chi connectivity index (χ4v) is 1.84. The van der Waals surface area contributed by atoms with Gasteiger partial charge in [-0.3, -0.25) is 4.79 Å². The van der Waals surface area contributed by atoms with Crippen molar-refractivity contribution in [2.45, 2.75) is 46.6 Å². The molecule has 0 saturated heterocycles. The van der Waals surface area contributed by atoms with Crippen molar-refractivity contribution in [1.82, 2.24) is 10.2 Å². The van der Waals surface area contributed by atoms with E-state index in [9.17, 15) is 4.79 Å². The third kappa shape index (κ3) is 7.67. The number of rotatable bonds is 6. The average molecular weight is 257 g/mol. The number of hydrogen-bond donors (Lipinski definition) is 2. The second-order valence-electron chi connectivity index (χ2n) is 7.21. The molecule has 0 radical (unpaired) electrons. The number of nitrogens with zero attached hydrogens (tertiary/aromatic N) is 1. The summed E-state index contributed by atoms with van der Waals surface area (Å²) in [6.45, 7) is 11.8. The Hall–Kier alpha value is -0.610. The van der Waals surface area contributed by atoms with E-state index < -0.39 is 0 Å². The normalized spacial score (nSPS) is 14.7. The Morgan fingerprint density at radius 3 is 2.06 bits per heavy atom. The van der Waals surface area contributed by atoms with Crippen LogP contribution in [0.15, 0.2) is 0 Å². The largest absolute Gasteiger partial charge is 0.355 e. The van der Waals surface area contributed by atoms with E-state index in [0.717, 1.165) is 6.54 Å². The van der Waals surface area contributed by atoms with Crippen molar-refractivity contribution in [2.24, 2.45) is 17.1 Å². The molecular weight excluding hydrogens is 226 g/mol. The highest BCUT2D eigenvalue weighted by Gasteiger charge is 2.34. The van der Waals surface area contributed by atoms with Crippen LogP contribution in [0.5, 0.6) is 0 Å². The highest BCUT2D eigenvalue weighted by molar-refractivity contribution is 5.79. The number of carbonyl (C=O) groups is 1. The first-order valence-electron chi connectivity index (χ1n) is 6.65. The SMILES string of the molecule is CN(C)CCNC(=O)C(CC(C)(C)N)C(C)(C)C. The van der Waals surface area contributed by atoms with Crippen LogP contribution in [0.3, 0.4) is 0 Å². The van der Waals surface area contributed by atoms with Gasteiger partial charge < -0.3 is 16.0 Å². The zero-order chi connectivity index (χ0) is 14.6. The molecule has 0 aliphatic heterocycles. The third-order valence-corrected chi connectivity index (χ3v) is 2.95. The van der Waals surface area contributed by atoms with Gasteiger partial charge >= 0.3 is 0 Å². The molecule has 4 heteroatoms. The molecule has 18 heavy (non-hydrogen) atoms. The van der Waals surface area contributed by atoms with Crippen molar-refractivity contribution in [3.05, 3.63) is 0 Å². The van der Waals surface area contributed by atoms with Crippen molar-refractivity contribution < 1.29 is 4.79 Å². The van der Waals surface area contributed by atoms with Crippen LogP contribution in [0.25, 0.3) is 0 Å². The molecule has 3 N–H and O–H groups in total. The van der Waals surface area contributed by atoms with Crippen LogP contribution >= 0.6 is 0 Å². The maximum Gasteiger partial charge on any atom is 0.223 e. The zero-order valence-corrected chi connectivity index (χ0v) is 13.1. The second kappa shape index (κ2) is 6.53. The van der Waals surface area contributed by atoms with Gasteiger partial charge in [0.25, 0.3) is 0 Å². The summed E-state index contributed by atoms with van der Waals surface area (Å²) in [6, 6.07) is 0. The minimum absolute atomic E-state index is 0.0559. The van der Waals surface area contributed by atoms with Gasteiger partial charge in [-0.2, -0.15) is 0 Å². The van der Waals surface area contributed by atoms with E-state index in [1.807, 2.05) is 27.9 Å². The van der Waals surface area contributed by atoms with Gasteiger partial charge in [-0.05, 0) is 39.8 Å². The Labute approximate surface area is 112 Å². The number of nitrogens with two attached hydrogens (primary N) is 1. The summed E-state index contributed by atoms with van der Waals surface area (Å²) in [5.74, 6) is 0.0579. The van der Waals surface area contributed by atoms with Gasteiger partial charge in [0, 0.05) is 24.5 Å². The number of carbonyl (C=O) groups excluding carboxylic acids is 1. The monoisotopic (exact) mass is 257 g/mol. The number of likely N-dealkylation sites (N-methyl/N-ethyl adjacent to an activating group) is 1. The molecule has 0 aliphatic rings. The Morgan fingerprint density at radius 1 is 1.22 bits per heavy atom. The summed E-state index contributed by atoms with van der Waals surface area (Å²) in [5, 5.41) is 3.01. The average Bonchev–Trinajstić information content (AvgIpc) is 2.10. The second-order valence-corrected chi connectivity index (χ2v) is 7.21. The smallest absolute Gasteiger partial charge is 0.223 e. The Kier molecular flexibility index (Phi) is 6.30. The predicted octanol–water partition coefficient (Wildman–Crippen LogP) is 1.45.